The van der Waals surface area contributed by atoms with Gasteiger partial charge in [0.05, 0.1) is 24.8 Å². The zero-order chi connectivity index (χ0) is 18.0. The predicted molar refractivity (Wildman–Crippen MR) is 102 cm³/mol. The van der Waals surface area contributed by atoms with Crippen molar-refractivity contribution in [3.63, 3.8) is 0 Å². The van der Waals surface area contributed by atoms with Crippen LogP contribution >= 0.6 is 22.7 Å². The normalized spacial score (nSPS) is 10.6. The van der Waals surface area contributed by atoms with E-state index in [-0.39, 0.29) is 5.91 Å². The number of thiazole rings is 1. The number of amides is 1. The fraction of sp³-hybridized carbons (Fsp3) is 0.222. The van der Waals surface area contributed by atoms with Crippen molar-refractivity contribution in [2.45, 2.75) is 13.8 Å². The van der Waals surface area contributed by atoms with Gasteiger partial charge in [0.2, 0.25) is 0 Å². The molecule has 0 spiro atoms. The Balaban J connectivity index is 1.79. The minimum Gasteiger partial charge on any atom is -0.493 e. The maximum atomic E-state index is 12.3. The number of hydrogen-bond donors (Lipinski definition) is 1. The van der Waals surface area contributed by atoms with Crippen LogP contribution in [0.15, 0.2) is 29.6 Å². The molecule has 3 aromatic rings. The number of carbonyl (C=O) groups excluding carboxylic acids is 1. The summed E-state index contributed by atoms with van der Waals surface area (Å²) in [5.74, 6) is 1.18. The lowest BCUT2D eigenvalue weighted by Gasteiger charge is -2.08. The molecule has 0 aliphatic carbocycles. The highest BCUT2D eigenvalue weighted by Crippen LogP contribution is 2.33. The van der Waals surface area contributed by atoms with E-state index >= 15 is 0 Å². The second-order valence-corrected chi connectivity index (χ2v) is 7.53. The summed E-state index contributed by atoms with van der Waals surface area (Å²) in [6, 6.07) is 7.51. The first-order valence-electron chi connectivity index (χ1n) is 7.58. The number of nitrogens with zero attached hydrogens (tertiary/aromatic N) is 1. The number of aryl methyl sites for hydroxylation is 2. The minimum absolute atomic E-state index is 0.130. The van der Waals surface area contributed by atoms with Gasteiger partial charge >= 0.3 is 0 Å². The molecule has 0 atom stereocenters. The molecule has 5 nitrogen and oxygen atoms in total. The molecule has 130 valence electrons. The standard InChI is InChI=1S/C18H18N2O3S2/c1-10-7-16(25-11(10)2)17(21)20-18-19-13(9-24-18)12-5-6-14(22-3)15(8-12)23-4/h5-9H,1-4H3,(H,19,20,21). The number of aromatic nitrogens is 1. The van der Waals surface area contributed by atoms with Crippen molar-refractivity contribution >= 4 is 33.7 Å². The van der Waals surface area contributed by atoms with Gasteiger partial charge in [-0.2, -0.15) is 0 Å². The van der Waals surface area contributed by atoms with Crippen molar-refractivity contribution in [2.75, 3.05) is 19.5 Å². The number of nitrogens with one attached hydrogen (secondary N) is 1. The number of carbonyl (C=O) groups is 1. The number of hydrogen-bond acceptors (Lipinski definition) is 6. The van der Waals surface area contributed by atoms with Gasteiger partial charge in [-0.15, -0.1) is 22.7 Å². The van der Waals surface area contributed by atoms with E-state index in [0.717, 1.165) is 21.7 Å². The molecule has 0 aliphatic heterocycles. The van der Waals surface area contributed by atoms with E-state index in [0.29, 0.717) is 21.5 Å². The molecule has 0 fully saturated rings. The lowest BCUT2D eigenvalue weighted by molar-refractivity contribution is 0.103. The molecule has 0 unspecified atom stereocenters. The molecule has 7 heteroatoms. The molecule has 2 aromatic heterocycles. The predicted octanol–water partition coefficient (Wildman–Crippen LogP) is 4.76. The van der Waals surface area contributed by atoms with Gasteiger partial charge in [-0.05, 0) is 43.7 Å². The van der Waals surface area contributed by atoms with E-state index in [2.05, 4.69) is 10.3 Å². The molecule has 0 bridgehead atoms. The SMILES string of the molecule is COc1ccc(-c2csc(NC(=O)c3cc(C)c(C)s3)n2)cc1OC. The molecular formula is C18H18N2O3S2. The Hall–Kier alpha value is -2.38. The molecule has 0 saturated heterocycles. The topological polar surface area (TPSA) is 60.5 Å². The lowest BCUT2D eigenvalue weighted by atomic mass is 10.1. The van der Waals surface area contributed by atoms with Crippen LogP contribution < -0.4 is 14.8 Å². The summed E-state index contributed by atoms with van der Waals surface area (Å²) in [6.45, 7) is 4.01. The fourth-order valence-corrected chi connectivity index (χ4v) is 3.95. The highest BCUT2D eigenvalue weighted by atomic mass is 32.1. The molecule has 0 saturated carbocycles. The Kier molecular flexibility index (Phi) is 5.06. The first-order valence-corrected chi connectivity index (χ1v) is 9.27. The second kappa shape index (κ2) is 7.25. The number of ether oxygens (including phenoxy) is 2. The van der Waals surface area contributed by atoms with Crippen LogP contribution in [0.1, 0.15) is 20.1 Å². The lowest BCUT2D eigenvalue weighted by Crippen LogP contribution is -2.09. The number of benzene rings is 1. The van der Waals surface area contributed by atoms with Gasteiger partial charge in [0, 0.05) is 15.8 Å². The maximum absolute atomic E-state index is 12.3. The molecule has 3 rings (SSSR count). The summed E-state index contributed by atoms with van der Waals surface area (Å²) in [6.07, 6.45) is 0. The van der Waals surface area contributed by atoms with Crippen LogP contribution in [-0.4, -0.2) is 25.1 Å². The van der Waals surface area contributed by atoms with E-state index in [1.807, 2.05) is 43.5 Å². The molecule has 1 amide bonds. The third kappa shape index (κ3) is 3.67. The Labute approximate surface area is 154 Å². The first kappa shape index (κ1) is 17.4. The smallest absolute Gasteiger partial charge is 0.267 e. The van der Waals surface area contributed by atoms with Crippen molar-refractivity contribution < 1.29 is 14.3 Å². The largest absolute Gasteiger partial charge is 0.493 e. The Morgan fingerprint density at radius 2 is 1.88 bits per heavy atom. The van der Waals surface area contributed by atoms with Gasteiger partial charge in [-0.1, -0.05) is 0 Å². The Morgan fingerprint density at radius 1 is 1.12 bits per heavy atom. The van der Waals surface area contributed by atoms with Gasteiger partial charge in [0.25, 0.3) is 5.91 Å². The van der Waals surface area contributed by atoms with Crippen molar-refractivity contribution in [3.05, 3.63) is 45.0 Å². The van der Waals surface area contributed by atoms with Crippen LogP contribution in [0.3, 0.4) is 0 Å². The van der Waals surface area contributed by atoms with E-state index in [4.69, 9.17) is 9.47 Å². The minimum atomic E-state index is -0.130. The van der Waals surface area contributed by atoms with Crippen molar-refractivity contribution in [1.29, 1.82) is 0 Å². The van der Waals surface area contributed by atoms with Gasteiger partial charge in [0.1, 0.15) is 0 Å². The monoisotopic (exact) mass is 374 g/mol. The summed E-state index contributed by atoms with van der Waals surface area (Å²) in [5, 5.41) is 5.34. The van der Waals surface area contributed by atoms with E-state index < -0.39 is 0 Å². The third-order valence-corrected chi connectivity index (χ3v) is 5.70. The van der Waals surface area contributed by atoms with Crippen molar-refractivity contribution in [2.24, 2.45) is 0 Å². The quantitative estimate of drug-likeness (QED) is 0.699. The zero-order valence-electron chi connectivity index (χ0n) is 14.4. The fourth-order valence-electron chi connectivity index (χ4n) is 2.30. The molecule has 1 aromatic carbocycles. The van der Waals surface area contributed by atoms with Gasteiger partial charge in [-0.25, -0.2) is 4.98 Å². The van der Waals surface area contributed by atoms with Crippen LogP contribution in [0.2, 0.25) is 0 Å². The van der Waals surface area contributed by atoms with Gasteiger partial charge in [0.15, 0.2) is 16.6 Å². The van der Waals surface area contributed by atoms with Crippen LogP contribution in [-0.2, 0) is 0 Å². The van der Waals surface area contributed by atoms with E-state index in [9.17, 15) is 4.79 Å². The van der Waals surface area contributed by atoms with Crippen LogP contribution in [0.4, 0.5) is 5.13 Å². The van der Waals surface area contributed by atoms with Gasteiger partial charge in [-0.3, -0.25) is 10.1 Å². The molecule has 2 heterocycles. The van der Waals surface area contributed by atoms with Crippen LogP contribution in [0, 0.1) is 13.8 Å². The summed E-state index contributed by atoms with van der Waals surface area (Å²) < 4.78 is 10.6. The zero-order valence-corrected chi connectivity index (χ0v) is 16.0. The summed E-state index contributed by atoms with van der Waals surface area (Å²) in [5.41, 5.74) is 2.80. The van der Waals surface area contributed by atoms with Crippen LogP contribution in [0.25, 0.3) is 11.3 Å². The maximum Gasteiger partial charge on any atom is 0.267 e. The molecule has 0 radical (unpaired) electrons. The summed E-state index contributed by atoms with van der Waals surface area (Å²) >= 11 is 2.88. The highest BCUT2D eigenvalue weighted by Gasteiger charge is 2.14. The number of thiophene rings is 1. The molecule has 1 N–H and O–H groups in total. The van der Waals surface area contributed by atoms with E-state index in [1.54, 1.807) is 14.2 Å². The molecular weight excluding hydrogens is 356 g/mol. The van der Waals surface area contributed by atoms with Crippen molar-refractivity contribution in [1.82, 2.24) is 4.98 Å². The molecule has 0 aliphatic rings. The highest BCUT2D eigenvalue weighted by molar-refractivity contribution is 7.15. The Bertz CT molecular complexity index is 895. The molecule has 25 heavy (non-hydrogen) atoms. The number of rotatable bonds is 5. The van der Waals surface area contributed by atoms with Gasteiger partial charge < -0.3 is 9.47 Å². The first-order chi connectivity index (χ1) is 12.0. The average molecular weight is 374 g/mol. The third-order valence-electron chi connectivity index (χ3n) is 3.79. The summed E-state index contributed by atoms with van der Waals surface area (Å²) in [7, 11) is 3.20. The number of anilines is 1. The summed E-state index contributed by atoms with van der Waals surface area (Å²) in [4.78, 5) is 18.7. The average Bonchev–Trinajstić information content (AvgIpc) is 3.21. The Morgan fingerprint density at radius 3 is 2.52 bits per heavy atom. The van der Waals surface area contributed by atoms with Crippen LogP contribution in [0.5, 0.6) is 11.5 Å². The number of methoxy groups -OCH3 is 2. The van der Waals surface area contributed by atoms with Crippen molar-refractivity contribution in [3.8, 4) is 22.8 Å². The van der Waals surface area contributed by atoms with E-state index in [1.165, 1.54) is 22.7 Å². The second-order valence-electron chi connectivity index (χ2n) is 5.41.